The Morgan fingerprint density at radius 2 is 1.53 bits per heavy atom. The number of sulfone groups is 1. The molecule has 0 aliphatic carbocycles. The smallest absolute Gasteiger partial charge is 0.261 e. The fraction of sp³-hybridized carbons (Fsp3) is 0.348. The van der Waals surface area contributed by atoms with Crippen LogP contribution in [0.25, 0.3) is 0 Å². The fourth-order valence-corrected chi connectivity index (χ4v) is 5.14. The number of amides is 3. The first-order valence-electron chi connectivity index (χ1n) is 10.8. The van der Waals surface area contributed by atoms with Crippen LogP contribution in [-0.2, 0) is 19.4 Å². The number of hydrogen-bond donors (Lipinski definition) is 1. The summed E-state index contributed by atoms with van der Waals surface area (Å²) in [6, 6.07) is 9.76. The maximum atomic E-state index is 13.4. The third-order valence-corrected chi connectivity index (χ3v) is 7.57. The molecule has 0 saturated carbocycles. The van der Waals surface area contributed by atoms with E-state index in [-0.39, 0.29) is 42.5 Å². The summed E-state index contributed by atoms with van der Waals surface area (Å²) >= 11 is 5.85. The van der Waals surface area contributed by atoms with E-state index < -0.39 is 32.8 Å². The van der Waals surface area contributed by atoms with Crippen LogP contribution in [0.3, 0.4) is 0 Å². The quantitative estimate of drug-likeness (QED) is 0.577. The van der Waals surface area contributed by atoms with Gasteiger partial charge in [0.2, 0.25) is 21.1 Å². The van der Waals surface area contributed by atoms with Gasteiger partial charge < -0.3 is 15.1 Å². The van der Waals surface area contributed by atoms with Crippen LogP contribution in [0.2, 0.25) is 5.02 Å². The standard InChI is InChI=1S/C23H25ClFN3O5S/c1-2-3-20(29)27-12-14-28(15-13-27)23(31)22(26-21(30)16-4-6-17(24)7-5-16)34(32,33)19-10-8-18(25)9-11-19/h4-11,22H,2-3,12-15H2,1H3,(H,26,30). The van der Waals surface area contributed by atoms with Crippen LogP contribution in [0.5, 0.6) is 0 Å². The van der Waals surface area contributed by atoms with Gasteiger partial charge in [-0.25, -0.2) is 12.8 Å². The van der Waals surface area contributed by atoms with Gasteiger partial charge in [-0.05, 0) is 55.0 Å². The van der Waals surface area contributed by atoms with Crippen molar-refractivity contribution in [2.45, 2.75) is 30.0 Å². The van der Waals surface area contributed by atoms with Crippen molar-refractivity contribution in [1.82, 2.24) is 15.1 Å². The Bertz CT molecular complexity index is 1150. The highest BCUT2D eigenvalue weighted by Crippen LogP contribution is 2.19. The summed E-state index contributed by atoms with van der Waals surface area (Å²) in [5, 5.41) is 0.778. The molecule has 1 fully saturated rings. The van der Waals surface area contributed by atoms with E-state index in [1.807, 2.05) is 6.92 Å². The van der Waals surface area contributed by atoms with E-state index in [0.29, 0.717) is 17.9 Å². The summed E-state index contributed by atoms with van der Waals surface area (Å²) in [5.74, 6) is -2.27. The molecule has 0 bridgehead atoms. The van der Waals surface area contributed by atoms with Crippen molar-refractivity contribution in [3.8, 4) is 0 Å². The Morgan fingerprint density at radius 1 is 0.971 bits per heavy atom. The average molecular weight is 510 g/mol. The maximum absolute atomic E-state index is 13.4. The summed E-state index contributed by atoms with van der Waals surface area (Å²) in [4.78, 5) is 40.9. The van der Waals surface area contributed by atoms with Gasteiger partial charge in [0.25, 0.3) is 11.8 Å². The molecule has 182 valence electrons. The van der Waals surface area contributed by atoms with Gasteiger partial charge in [-0.1, -0.05) is 18.5 Å². The van der Waals surface area contributed by atoms with Crippen molar-refractivity contribution in [1.29, 1.82) is 0 Å². The summed E-state index contributed by atoms with van der Waals surface area (Å²) < 4.78 is 40.0. The molecule has 11 heteroatoms. The zero-order valence-corrected chi connectivity index (χ0v) is 20.1. The molecule has 3 rings (SSSR count). The fourth-order valence-electron chi connectivity index (χ4n) is 3.55. The number of rotatable bonds is 7. The van der Waals surface area contributed by atoms with E-state index in [0.717, 1.165) is 24.3 Å². The normalized spacial score (nSPS) is 15.0. The zero-order chi connectivity index (χ0) is 24.9. The van der Waals surface area contributed by atoms with Gasteiger partial charge in [-0.2, -0.15) is 0 Å². The molecule has 0 radical (unpaired) electrons. The Kier molecular flexibility index (Phi) is 8.27. The van der Waals surface area contributed by atoms with Crippen molar-refractivity contribution in [3.63, 3.8) is 0 Å². The van der Waals surface area contributed by atoms with Crippen LogP contribution in [-0.4, -0.2) is 67.5 Å². The van der Waals surface area contributed by atoms with Gasteiger partial charge in [-0.3, -0.25) is 14.4 Å². The van der Waals surface area contributed by atoms with Gasteiger partial charge in [-0.15, -0.1) is 0 Å². The summed E-state index contributed by atoms with van der Waals surface area (Å²) in [7, 11) is -4.41. The lowest BCUT2D eigenvalue weighted by molar-refractivity contribution is -0.139. The monoisotopic (exact) mass is 509 g/mol. The summed E-state index contributed by atoms with van der Waals surface area (Å²) in [5.41, 5.74) is 0.117. The van der Waals surface area contributed by atoms with Gasteiger partial charge in [0, 0.05) is 43.2 Å². The predicted octanol–water partition coefficient (Wildman–Crippen LogP) is 2.48. The largest absolute Gasteiger partial charge is 0.339 e. The molecule has 0 spiro atoms. The number of carbonyl (C=O) groups excluding carboxylic acids is 3. The predicted molar refractivity (Wildman–Crippen MR) is 124 cm³/mol. The first kappa shape index (κ1) is 25.6. The van der Waals surface area contributed by atoms with Gasteiger partial charge >= 0.3 is 0 Å². The molecule has 1 N–H and O–H groups in total. The van der Waals surface area contributed by atoms with E-state index >= 15 is 0 Å². The third kappa shape index (κ3) is 5.92. The van der Waals surface area contributed by atoms with E-state index in [2.05, 4.69) is 5.32 Å². The second kappa shape index (κ2) is 11.0. The number of nitrogens with zero attached hydrogens (tertiary/aromatic N) is 2. The van der Waals surface area contributed by atoms with Gasteiger partial charge in [0.15, 0.2) is 0 Å². The first-order chi connectivity index (χ1) is 16.1. The minimum atomic E-state index is -4.41. The molecule has 34 heavy (non-hydrogen) atoms. The van der Waals surface area contributed by atoms with Crippen molar-refractivity contribution < 1.29 is 27.2 Å². The minimum absolute atomic E-state index is 0.0267. The van der Waals surface area contributed by atoms with Crippen molar-refractivity contribution in [3.05, 3.63) is 64.9 Å². The Hall–Kier alpha value is -2.98. The topological polar surface area (TPSA) is 104 Å². The summed E-state index contributed by atoms with van der Waals surface area (Å²) in [6.45, 7) is 2.67. The molecular formula is C23H25ClFN3O5S. The average Bonchev–Trinajstić information content (AvgIpc) is 2.83. The van der Waals surface area contributed by atoms with Crippen LogP contribution in [0.15, 0.2) is 53.4 Å². The van der Waals surface area contributed by atoms with E-state index in [1.165, 1.54) is 29.2 Å². The third-order valence-electron chi connectivity index (χ3n) is 5.45. The zero-order valence-electron chi connectivity index (χ0n) is 18.5. The van der Waals surface area contributed by atoms with E-state index in [4.69, 9.17) is 11.6 Å². The minimum Gasteiger partial charge on any atom is -0.339 e. The SMILES string of the molecule is CCCC(=O)N1CCN(C(=O)C(NC(=O)c2ccc(Cl)cc2)S(=O)(=O)c2ccc(F)cc2)CC1. The van der Waals surface area contributed by atoms with Crippen molar-refractivity contribution in [2.24, 2.45) is 0 Å². The second-order valence-electron chi connectivity index (χ2n) is 7.82. The lowest BCUT2D eigenvalue weighted by Gasteiger charge is -2.36. The van der Waals surface area contributed by atoms with E-state index in [9.17, 15) is 27.2 Å². The highest BCUT2D eigenvalue weighted by atomic mass is 35.5. The van der Waals surface area contributed by atoms with Crippen LogP contribution < -0.4 is 5.32 Å². The first-order valence-corrected chi connectivity index (χ1v) is 12.7. The van der Waals surface area contributed by atoms with Crippen LogP contribution >= 0.6 is 11.6 Å². The van der Waals surface area contributed by atoms with Crippen molar-refractivity contribution >= 4 is 39.2 Å². The molecule has 1 aliphatic rings. The number of hydrogen-bond acceptors (Lipinski definition) is 5. The second-order valence-corrected chi connectivity index (χ2v) is 10.3. The Labute approximate surface area is 202 Å². The van der Waals surface area contributed by atoms with E-state index in [1.54, 1.807) is 4.90 Å². The lowest BCUT2D eigenvalue weighted by atomic mass is 10.2. The van der Waals surface area contributed by atoms with Crippen molar-refractivity contribution in [2.75, 3.05) is 26.2 Å². The molecule has 1 aliphatic heterocycles. The number of halogens is 2. The molecule has 2 aromatic rings. The number of piperazine rings is 1. The highest BCUT2D eigenvalue weighted by Gasteiger charge is 2.39. The van der Waals surface area contributed by atoms with Crippen LogP contribution in [0, 0.1) is 5.82 Å². The molecule has 3 amide bonds. The molecule has 1 heterocycles. The van der Waals surface area contributed by atoms with Gasteiger partial charge in [0.05, 0.1) is 4.90 Å². The molecular weight excluding hydrogens is 485 g/mol. The molecule has 0 aromatic heterocycles. The molecule has 1 saturated heterocycles. The number of nitrogens with one attached hydrogen (secondary N) is 1. The number of benzene rings is 2. The Balaban J connectivity index is 1.86. The molecule has 1 atom stereocenters. The number of carbonyl (C=O) groups is 3. The lowest BCUT2D eigenvalue weighted by Crippen LogP contribution is -2.57. The molecule has 1 unspecified atom stereocenters. The Morgan fingerprint density at radius 3 is 2.09 bits per heavy atom. The molecule has 2 aromatic carbocycles. The van der Waals surface area contributed by atoms with Gasteiger partial charge in [0.1, 0.15) is 5.82 Å². The summed E-state index contributed by atoms with van der Waals surface area (Å²) in [6.07, 6.45) is 1.10. The highest BCUT2D eigenvalue weighted by molar-refractivity contribution is 7.92. The maximum Gasteiger partial charge on any atom is 0.261 e. The van der Waals surface area contributed by atoms with Crippen LogP contribution in [0.1, 0.15) is 30.1 Å². The van der Waals surface area contributed by atoms with Crippen LogP contribution in [0.4, 0.5) is 4.39 Å². The molecule has 8 nitrogen and oxygen atoms in total.